The van der Waals surface area contributed by atoms with Gasteiger partial charge in [0.25, 0.3) is 5.56 Å². The molecule has 0 aliphatic carbocycles. The summed E-state index contributed by atoms with van der Waals surface area (Å²) in [7, 11) is 0. The van der Waals surface area contributed by atoms with Gasteiger partial charge in [-0.25, -0.2) is 10.1 Å². The van der Waals surface area contributed by atoms with Crippen molar-refractivity contribution in [1.82, 2.24) is 20.2 Å². The number of carbonyl (C=O) groups is 1. The molecule has 0 bridgehead atoms. The maximum atomic E-state index is 12.6. The lowest BCUT2D eigenvalue weighted by molar-refractivity contribution is -0.138. The van der Waals surface area contributed by atoms with E-state index in [4.69, 9.17) is 15.4 Å². The molecule has 37 heavy (non-hydrogen) atoms. The fourth-order valence-electron chi connectivity index (χ4n) is 5.29. The Hall–Kier alpha value is -4.20. The van der Waals surface area contributed by atoms with Crippen molar-refractivity contribution in [2.75, 3.05) is 41.3 Å². The highest BCUT2D eigenvalue weighted by molar-refractivity contribution is 5.90. The van der Waals surface area contributed by atoms with Crippen molar-refractivity contribution in [1.29, 1.82) is 5.26 Å². The van der Waals surface area contributed by atoms with Gasteiger partial charge in [0.1, 0.15) is 16.7 Å². The monoisotopic (exact) mass is 502 g/mol. The molecule has 1 unspecified atom stereocenters. The second-order valence-electron chi connectivity index (χ2n) is 9.85. The van der Waals surface area contributed by atoms with Crippen LogP contribution in [0.15, 0.2) is 35.3 Å². The predicted octanol–water partition coefficient (Wildman–Crippen LogP) is 3.28. The zero-order chi connectivity index (χ0) is 25.8. The van der Waals surface area contributed by atoms with Crippen LogP contribution < -0.4 is 20.7 Å². The number of aromatic nitrogens is 4. The van der Waals surface area contributed by atoms with Crippen molar-refractivity contribution in [3.8, 4) is 6.07 Å². The molecule has 2 aliphatic rings. The van der Waals surface area contributed by atoms with E-state index in [-0.39, 0.29) is 17.9 Å². The van der Waals surface area contributed by atoms with E-state index >= 15 is 0 Å². The zero-order valence-electron chi connectivity index (χ0n) is 20.6. The Labute approximate surface area is 214 Å². The van der Waals surface area contributed by atoms with E-state index in [2.05, 4.69) is 36.4 Å². The molecule has 2 aromatic heterocycles. The quantitative estimate of drug-likeness (QED) is 0.439. The van der Waals surface area contributed by atoms with Crippen molar-refractivity contribution in [3.63, 3.8) is 0 Å². The van der Waals surface area contributed by atoms with E-state index in [1.807, 2.05) is 24.3 Å². The van der Waals surface area contributed by atoms with Crippen molar-refractivity contribution < 1.29 is 9.90 Å². The van der Waals surface area contributed by atoms with Gasteiger partial charge in [0.05, 0.1) is 12.3 Å². The number of nitriles is 1. The first-order valence-corrected chi connectivity index (χ1v) is 12.7. The van der Waals surface area contributed by atoms with Crippen LogP contribution in [0.1, 0.15) is 38.5 Å². The Morgan fingerprint density at radius 3 is 2.62 bits per heavy atom. The van der Waals surface area contributed by atoms with Gasteiger partial charge >= 0.3 is 5.97 Å². The number of hydrogen-bond acceptors (Lipinski definition) is 9. The molecule has 5 rings (SSSR count). The van der Waals surface area contributed by atoms with Crippen LogP contribution in [0.4, 0.5) is 23.1 Å². The summed E-state index contributed by atoms with van der Waals surface area (Å²) in [5, 5.41) is 28.2. The van der Waals surface area contributed by atoms with Gasteiger partial charge in [-0.3, -0.25) is 9.59 Å². The standard InChI is InChI=1S/C26H30N8O3/c27-10-7-17-8-12-33(13-9-17)26-30-21-15-28-32-25(37)23(21)24(31-26)29-19-3-5-20(6-4-19)34-11-1-2-18(16-34)14-22(35)36/h3-6,15,17-18H,1-2,7-9,11-14,16H2,(H,32,37)(H,35,36)(H,29,30,31). The Morgan fingerprint density at radius 1 is 1.11 bits per heavy atom. The largest absolute Gasteiger partial charge is 0.481 e. The molecule has 11 heteroatoms. The average molecular weight is 503 g/mol. The summed E-state index contributed by atoms with van der Waals surface area (Å²) in [6.07, 6.45) is 5.99. The summed E-state index contributed by atoms with van der Waals surface area (Å²) >= 11 is 0. The van der Waals surface area contributed by atoms with Crippen LogP contribution in [-0.2, 0) is 4.79 Å². The normalized spacial score (nSPS) is 18.5. The van der Waals surface area contributed by atoms with Crippen molar-refractivity contribution in [2.45, 2.75) is 38.5 Å². The second kappa shape index (κ2) is 10.8. The lowest BCUT2D eigenvalue weighted by Gasteiger charge is -2.34. The number of nitrogens with one attached hydrogen (secondary N) is 2. The van der Waals surface area contributed by atoms with E-state index in [1.54, 1.807) is 0 Å². The summed E-state index contributed by atoms with van der Waals surface area (Å²) < 4.78 is 0. The molecular formula is C26H30N8O3. The summed E-state index contributed by atoms with van der Waals surface area (Å²) in [5.74, 6) is 0.739. The smallest absolute Gasteiger partial charge is 0.303 e. The Bertz CT molecular complexity index is 1360. The molecule has 3 aromatic rings. The van der Waals surface area contributed by atoms with Gasteiger partial charge in [-0.15, -0.1) is 0 Å². The molecular weight excluding hydrogens is 472 g/mol. The third-order valence-electron chi connectivity index (χ3n) is 7.26. The van der Waals surface area contributed by atoms with Crippen LogP contribution in [0.2, 0.25) is 0 Å². The van der Waals surface area contributed by atoms with Crippen LogP contribution in [0.25, 0.3) is 10.9 Å². The van der Waals surface area contributed by atoms with Gasteiger partial charge in [0.2, 0.25) is 5.95 Å². The maximum Gasteiger partial charge on any atom is 0.303 e. The Morgan fingerprint density at radius 2 is 1.89 bits per heavy atom. The molecule has 0 spiro atoms. The summed E-state index contributed by atoms with van der Waals surface area (Å²) in [6, 6.07) is 10.1. The molecule has 2 fully saturated rings. The number of carboxylic acid groups (broad SMARTS) is 1. The van der Waals surface area contributed by atoms with Crippen LogP contribution in [0.5, 0.6) is 0 Å². The lowest BCUT2D eigenvalue weighted by Crippen LogP contribution is -2.36. The first-order valence-electron chi connectivity index (χ1n) is 12.7. The molecule has 4 heterocycles. The number of hydrogen-bond donors (Lipinski definition) is 3. The van der Waals surface area contributed by atoms with Crippen molar-refractivity contribution in [2.24, 2.45) is 11.8 Å². The SMILES string of the molecule is N#CCC1CCN(c2nc(Nc3ccc(N4CCCC(CC(=O)O)C4)cc3)c3c(=O)[nH]ncc3n2)CC1. The number of rotatable bonds is 7. The molecule has 0 radical (unpaired) electrons. The van der Waals surface area contributed by atoms with Gasteiger partial charge in [-0.2, -0.15) is 15.3 Å². The van der Waals surface area contributed by atoms with Crippen LogP contribution in [0, 0.1) is 23.2 Å². The molecule has 1 aromatic carbocycles. The van der Waals surface area contributed by atoms with Crippen molar-refractivity contribution >= 4 is 40.0 Å². The highest BCUT2D eigenvalue weighted by Crippen LogP contribution is 2.29. The third-order valence-corrected chi connectivity index (χ3v) is 7.26. The van der Waals surface area contributed by atoms with Gasteiger partial charge in [0, 0.05) is 50.4 Å². The molecule has 0 amide bonds. The summed E-state index contributed by atoms with van der Waals surface area (Å²) in [6.45, 7) is 3.13. The minimum absolute atomic E-state index is 0.153. The van der Waals surface area contributed by atoms with Crippen LogP contribution >= 0.6 is 0 Å². The Balaban J connectivity index is 1.36. The van der Waals surface area contributed by atoms with Crippen LogP contribution in [-0.4, -0.2) is 57.4 Å². The molecule has 192 valence electrons. The number of piperidine rings is 2. The predicted molar refractivity (Wildman–Crippen MR) is 140 cm³/mol. The molecule has 0 saturated carbocycles. The van der Waals surface area contributed by atoms with E-state index in [0.717, 1.165) is 63.2 Å². The van der Waals surface area contributed by atoms with Gasteiger partial charge in [-0.1, -0.05) is 0 Å². The third kappa shape index (κ3) is 5.63. The fraction of sp³-hybridized carbons (Fsp3) is 0.462. The fourth-order valence-corrected chi connectivity index (χ4v) is 5.29. The summed E-state index contributed by atoms with van der Waals surface area (Å²) in [5.41, 5.74) is 1.91. The number of aromatic amines is 1. The maximum absolute atomic E-state index is 12.6. The molecule has 11 nitrogen and oxygen atoms in total. The van der Waals surface area contributed by atoms with Crippen molar-refractivity contribution in [3.05, 3.63) is 40.8 Å². The van der Waals surface area contributed by atoms with Gasteiger partial charge < -0.3 is 20.2 Å². The molecule has 2 saturated heterocycles. The second-order valence-corrected chi connectivity index (χ2v) is 9.85. The topological polar surface area (TPSA) is 151 Å². The minimum Gasteiger partial charge on any atom is -0.481 e. The van der Waals surface area contributed by atoms with E-state index in [1.165, 1.54) is 6.20 Å². The lowest BCUT2D eigenvalue weighted by atomic mass is 9.94. The number of benzene rings is 1. The van der Waals surface area contributed by atoms with Gasteiger partial charge in [0.15, 0.2) is 0 Å². The first kappa shape index (κ1) is 24.5. The minimum atomic E-state index is -0.750. The number of H-pyrrole nitrogens is 1. The van der Waals surface area contributed by atoms with E-state index < -0.39 is 5.97 Å². The number of anilines is 4. The number of carboxylic acids is 1. The first-order chi connectivity index (χ1) is 18.0. The zero-order valence-corrected chi connectivity index (χ0v) is 20.6. The highest BCUT2D eigenvalue weighted by Gasteiger charge is 2.24. The molecule has 1 atom stereocenters. The Kier molecular flexibility index (Phi) is 7.16. The number of fused-ring (bicyclic) bond motifs is 1. The van der Waals surface area contributed by atoms with Crippen LogP contribution in [0.3, 0.4) is 0 Å². The van der Waals surface area contributed by atoms with E-state index in [0.29, 0.717) is 35.0 Å². The van der Waals surface area contributed by atoms with E-state index in [9.17, 15) is 9.59 Å². The number of nitrogens with zero attached hydrogens (tertiary/aromatic N) is 6. The molecule has 2 aliphatic heterocycles. The number of aliphatic carboxylic acids is 1. The highest BCUT2D eigenvalue weighted by atomic mass is 16.4. The average Bonchev–Trinajstić information content (AvgIpc) is 2.89. The molecule has 3 N–H and O–H groups in total. The van der Waals surface area contributed by atoms with Gasteiger partial charge in [-0.05, 0) is 61.8 Å². The summed E-state index contributed by atoms with van der Waals surface area (Å²) in [4.78, 5) is 37.4.